The lowest BCUT2D eigenvalue weighted by molar-refractivity contribution is 0.0555. The molecular formula is C15H23BrN2O. The number of aliphatic hydroxyl groups is 1. The van der Waals surface area contributed by atoms with Crippen molar-refractivity contribution in [2.75, 3.05) is 27.2 Å². The van der Waals surface area contributed by atoms with E-state index in [2.05, 4.69) is 40.2 Å². The Bertz CT molecular complexity index is 418. The van der Waals surface area contributed by atoms with E-state index < -0.39 is 6.10 Å². The van der Waals surface area contributed by atoms with Crippen molar-refractivity contribution < 1.29 is 5.11 Å². The molecule has 2 N–H and O–H groups in total. The monoisotopic (exact) mass is 326 g/mol. The van der Waals surface area contributed by atoms with E-state index in [1.165, 1.54) is 19.3 Å². The Kier molecular flexibility index (Phi) is 5.01. The molecule has 1 aromatic carbocycles. The highest BCUT2D eigenvalue weighted by Crippen LogP contribution is 2.35. The van der Waals surface area contributed by atoms with Crippen molar-refractivity contribution in [3.63, 3.8) is 0 Å². The van der Waals surface area contributed by atoms with Gasteiger partial charge in [-0.25, -0.2) is 0 Å². The molecule has 0 radical (unpaired) electrons. The summed E-state index contributed by atoms with van der Waals surface area (Å²) in [5.74, 6) is 0. The third-order valence-electron chi connectivity index (χ3n) is 4.26. The highest BCUT2D eigenvalue weighted by atomic mass is 79.9. The van der Waals surface area contributed by atoms with Crippen LogP contribution in [0.15, 0.2) is 28.7 Å². The maximum Gasteiger partial charge on any atom is 0.0914 e. The first-order valence-corrected chi connectivity index (χ1v) is 7.64. The largest absolute Gasteiger partial charge is 0.387 e. The van der Waals surface area contributed by atoms with Crippen molar-refractivity contribution in [3.05, 3.63) is 34.3 Å². The molecule has 0 amide bonds. The van der Waals surface area contributed by atoms with Gasteiger partial charge in [0.2, 0.25) is 0 Å². The van der Waals surface area contributed by atoms with Crippen LogP contribution in [-0.4, -0.2) is 42.7 Å². The number of hydrogen-bond acceptors (Lipinski definition) is 3. The molecule has 0 aliphatic heterocycles. The lowest BCUT2D eigenvalue weighted by Crippen LogP contribution is -2.56. The third-order valence-corrected chi connectivity index (χ3v) is 4.75. The molecule has 1 aromatic rings. The van der Waals surface area contributed by atoms with Crippen molar-refractivity contribution in [2.45, 2.75) is 30.9 Å². The number of nitrogens with one attached hydrogen (secondary N) is 1. The molecule has 0 saturated heterocycles. The van der Waals surface area contributed by atoms with Gasteiger partial charge in [-0.1, -0.05) is 28.1 Å². The highest BCUT2D eigenvalue weighted by molar-refractivity contribution is 9.10. The maximum absolute atomic E-state index is 10.2. The van der Waals surface area contributed by atoms with Crippen LogP contribution < -0.4 is 5.32 Å². The molecule has 19 heavy (non-hydrogen) atoms. The van der Waals surface area contributed by atoms with Gasteiger partial charge in [0.25, 0.3) is 0 Å². The van der Waals surface area contributed by atoms with E-state index in [0.29, 0.717) is 12.1 Å². The Hall–Kier alpha value is -0.420. The molecule has 1 aliphatic rings. The van der Waals surface area contributed by atoms with E-state index in [9.17, 15) is 5.11 Å². The number of rotatable bonds is 6. The van der Waals surface area contributed by atoms with Crippen LogP contribution in [-0.2, 0) is 0 Å². The molecule has 1 fully saturated rings. The zero-order valence-corrected chi connectivity index (χ0v) is 13.3. The van der Waals surface area contributed by atoms with Gasteiger partial charge in [-0.3, -0.25) is 0 Å². The highest BCUT2D eigenvalue weighted by Gasteiger charge is 2.38. The van der Waals surface area contributed by atoms with Gasteiger partial charge in [-0.15, -0.1) is 0 Å². The van der Waals surface area contributed by atoms with Crippen LogP contribution in [0, 0.1) is 0 Å². The molecule has 2 rings (SSSR count). The Morgan fingerprint density at radius 1 is 1.42 bits per heavy atom. The number of halogens is 1. The molecule has 4 heteroatoms. The summed E-state index contributed by atoms with van der Waals surface area (Å²) in [6.07, 6.45) is 3.37. The fraction of sp³-hybridized carbons (Fsp3) is 0.600. The summed E-state index contributed by atoms with van der Waals surface area (Å²) < 4.78 is 1.01. The SMILES string of the molecule is CN(C)C1(CNCC(O)c2cccc(Br)c2)CCC1. The van der Waals surface area contributed by atoms with E-state index in [1.807, 2.05) is 24.3 Å². The topological polar surface area (TPSA) is 35.5 Å². The Morgan fingerprint density at radius 2 is 2.16 bits per heavy atom. The zero-order chi connectivity index (χ0) is 13.9. The quantitative estimate of drug-likeness (QED) is 0.843. The smallest absolute Gasteiger partial charge is 0.0914 e. The fourth-order valence-corrected chi connectivity index (χ4v) is 3.06. The number of likely N-dealkylation sites (N-methyl/N-ethyl adjacent to an activating group) is 1. The standard InChI is InChI=1S/C15H23BrN2O/c1-18(2)15(7-4-8-15)11-17-10-14(19)12-5-3-6-13(16)9-12/h3,5-6,9,14,17,19H,4,7-8,10-11H2,1-2H3. The predicted octanol–water partition coefficient (Wildman–Crippen LogP) is 2.56. The normalized spacial score (nSPS) is 19.2. The van der Waals surface area contributed by atoms with E-state index in [4.69, 9.17) is 0 Å². The molecule has 1 unspecified atom stereocenters. The molecule has 106 valence electrons. The summed E-state index contributed by atoms with van der Waals surface area (Å²) in [6.45, 7) is 1.55. The fourth-order valence-electron chi connectivity index (χ4n) is 2.64. The predicted molar refractivity (Wildman–Crippen MR) is 82.2 cm³/mol. The van der Waals surface area contributed by atoms with Crippen molar-refractivity contribution >= 4 is 15.9 Å². The van der Waals surface area contributed by atoms with Crippen LogP contribution in [0.1, 0.15) is 30.9 Å². The summed E-state index contributed by atoms with van der Waals surface area (Å²) in [6, 6.07) is 7.86. The summed E-state index contributed by atoms with van der Waals surface area (Å²) in [5.41, 5.74) is 1.26. The van der Waals surface area contributed by atoms with Gasteiger partial charge in [0.1, 0.15) is 0 Å². The molecular weight excluding hydrogens is 304 g/mol. The minimum absolute atomic E-state index is 0.303. The minimum atomic E-state index is -0.447. The average molecular weight is 327 g/mol. The molecule has 0 aromatic heterocycles. The van der Waals surface area contributed by atoms with E-state index in [1.54, 1.807) is 0 Å². The first-order chi connectivity index (χ1) is 9.03. The lowest BCUT2D eigenvalue weighted by Gasteiger charge is -2.47. The first kappa shape index (κ1) is 15.0. The molecule has 1 atom stereocenters. The second-order valence-corrected chi connectivity index (χ2v) is 6.59. The Balaban J connectivity index is 1.82. The van der Waals surface area contributed by atoms with Gasteiger partial charge in [-0.2, -0.15) is 0 Å². The average Bonchev–Trinajstić information content (AvgIpc) is 2.31. The van der Waals surface area contributed by atoms with Gasteiger partial charge in [0, 0.05) is 23.1 Å². The van der Waals surface area contributed by atoms with Crippen molar-refractivity contribution in [2.24, 2.45) is 0 Å². The summed E-state index contributed by atoms with van der Waals surface area (Å²) in [7, 11) is 4.29. The van der Waals surface area contributed by atoms with Crippen molar-refractivity contribution in [1.29, 1.82) is 0 Å². The van der Waals surface area contributed by atoms with E-state index in [-0.39, 0.29) is 0 Å². The van der Waals surface area contributed by atoms with E-state index >= 15 is 0 Å². The van der Waals surface area contributed by atoms with Crippen LogP contribution in [0.25, 0.3) is 0 Å². The van der Waals surface area contributed by atoms with Crippen LogP contribution in [0.4, 0.5) is 0 Å². The van der Waals surface area contributed by atoms with Crippen LogP contribution >= 0.6 is 15.9 Å². The van der Waals surface area contributed by atoms with Crippen LogP contribution in [0.5, 0.6) is 0 Å². The third kappa shape index (κ3) is 3.57. The maximum atomic E-state index is 10.2. The van der Waals surface area contributed by atoms with Gasteiger partial charge < -0.3 is 15.3 Å². The Labute approximate surface area is 124 Å². The second-order valence-electron chi connectivity index (χ2n) is 5.67. The summed E-state index contributed by atoms with van der Waals surface area (Å²) in [5, 5.41) is 13.6. The lowest BCUT2D eigenvalue weighted by atomic mass is 9.75. The van der Waals surface area contributed by atoms with Gasteiger partial charge in [-0.05, 0) is 51.1 Å². The number of hydrogen-bond donors (Lipinski definition) is 2. The van der Waals surface area contributed by atoms with Crippen LogP contribution in [0.2, 0.25) is 0 Å². The molecule has 0 bridgehead atoms. The van der Waals surface area contributed by atoms with Crippen LogP contribution in [0.3, 0.4) is 0 Å². The Morgan fingerprint density at radius 3 is 2.68 bits per heavy atom. The van der Waals surface area contributed by atoms with Gasteiger partial charge in [0.15, 0.2) is 0 Å². The van der Waals surface area contributed by atoms with Crippen molar-refractivity contribution in [3.8, 4) is 0 Å². The molecule has 1 aliphatic carbocycles. The van der Waals surface area contributed by atoms with E-state index in [0.717, 1.165) is 16.6 Å². The van der Waals surface area contributed by atoms with Gasteiger partial charge in [0.05, 0.1) is 6.10 Å². The summed E-state index contributed by atoms with van der Waals surface area (Å²) in [4.78, 5) is 2.31. The minimum Gasteiger partial charge on any atom is -0.387 e. The molecule has 1 saturated carbocycles. The number of nitrogens with zero attached hydrogens (tertiary/aromatic N) is 1. The molecule has 3 nitrogen and oxygen atoms in total. The zero-order valence-electron chi connectivity index (χ0n) is 11.7. The summed E-state index contributed by atoms with van der Waals surface area (Å²) >= 11 is 3.43. The second kappa shape index (κ2) is 6.35. The number of aliphatic hydroxyl groups excluding tert-OH is 1. The molecule has 0 heterocycles. The number of benzene rings is 1. The van der Waals surface area contributed by atoms with Crippen molar-refractivity contribution in [1.82, 2.24) is 10.2 Å². The van der Waals surface area contributed by atoms with Gasteiger partial charge >= 0.3 is 0 Å². The molecule has 0 spiro atoms. The first-order valence-electron chi connectivity index (χ1n) is 6.85.